The van der Waals surface area contributed by atoms with Crippen molar-refractivity contribution in [3.05, 3.63) is 59.7 Å². The molecule has 1 saturated heterocycles. The number of nitrogens with zero attached hydrogens (tertiary/aromatic N) is 1. The van der Waals surface area contributed by atoms with Crippen molar-refractivity contribution < 1.29 is 13.2 Å². The molecule has 1 amide bonds. The Morgan fingerprint density at radius 2 is 1.71 bits per heavy atom. The fraction of sp³-hybridized carbons (Fsp3) is 0.381. The molecule has 3 rings (SSSR count). The summed E-state index contributed by atoms with van der Waals surface area (Å²) < 4.78 is 27.7. The number of hydrogen-bond donors (Lipinski definition) is 1. The molecule has 5 nitrogen and oxygen atoms in total. The molecule has 7 heteroatoms. The molecule has 1 heterocycles. The number of amides is 1. The highest BCUT2D eigenvalue weighted by atomic mass is 32.2. The molecule has 150 valence electrons. The zero-order chi connectivity index (χ0) is 20.0. The van der Waals surface area contributed by atoms with E-state index >= 15 is 0 Å². The minimum absolute atomic E-state index is 0.174. The Balaban J connectivity index is 1.78. The molecule has 0 unspecified atom stereocenters. The largest absolute Gasteiger partial charge is 0.348 e. The van der Waals surface area contributed by atoms with Gasteiger partial charge in [-0.1, -0.05) is 43.7 Å². The van der Waals surface area contributed by atoms with Crippen LogP contribution in [0.2, 0.25) is 0 Å². The average Bonchev–Trinajstić information content (AvgIpc) is 2.73. The summed E-state index contributed by atoms with van der Waals surface area (Å²) in [6.45, 7) is 3.34. The molecule has 1 aliphatic heterocycles. The Morgan fingerprint density at radius 3 is 2.46 bits per heavy atom. The Morgan fingerprint density at radius 1 is 1.04 bits per heavy atom. The fourth-order valence-corrected chi connectivity index (χ4v) is 5.89. The van der Waals surface area contributed by atoms with Gasteiger partial charge in [-0.15, -0.1) is 11.8 Å². The number of carbonyl (C=O) groups excluding carboxylic acids is 1. The van der Waals surface area contributed by atoms with E-state index < -0.39 is 10.0 Å². The highest BCUT2D eigenvalue weighted by molar-refractivity contribution is 7.99. The standard InChI is InChI=1S/C21H26N2O3S2/c1-2-27-19-12-6-5-11-18(19)21(24)22-16-17-10-4-7-13-20(17)28(25,26)23-14-8-3-9-15-23/h4-7,10-13H,2-3,8-9,14-16H2,1H3,(H,22,24). The molecule has 0 saturated carbocycles. The molecule has 2 aromatic rings. The van der Waals surface area contributed by atoms with Crippen LogP contribution in [0.15, 0.2) is 58.3 Å². The van der Waals surface area contributed by atoms with Crippen molar-refractivity contribution in [2.75, 3.05) is 18.8 Å². The van der Waals surface area contributed by atoms with E-state index in [0.717, 1.165) is 29.9 Å². The number of carbonyl (C=O) groups is 1. The zero-order valence-corrected chi connectivity index (χ0v) is 17.7. The number of benzene rings is 2. The van der Waals surface area contributed by atoms with E-state index in [1.54, 1.807) is 46.4 Å². The molecule has 1 N–H and O–H groups in total. The lowest BCUT2D eigenvalue weighted by Gasteiger charge is -2.26. The third-order valence-electron chi connectivity index (χ3n) is 4.78. The number of sulfonamides is 1. The van der Waals surface area contributed by atoms with Crippen molar-refractivity contribution in [3.8, 4) is 0 Å². The number of thioether (sulfide) groups is 1. The molecule has 0 aliphatic carbocycles. The van der Waals surface area contributed by atoms with Crippen LogP contribution in [0.3, 0.4) is 0 Å². The first-order valence-corrected chi connectivity index (χ1v) is 12.0. The van der Waals surface area contributed by atoms with Crippen molar-refractivity contribution in [2.24, 2.45) is 0 Å². The summed E-state index contributed by atoms with van der Waals surface area (Å²) in [5.74, 6) is 0.683. The second kappa shape index (κ2) is 9.58. The second-order valence-electron chi connectivity index (χ2n) is 6.68. The maximum atomic E-state index is 13.1. The van der Waals surface area contributed by atoms with Gasteiger partial charge in [0.05, 0.1) is 10.5 Å². The summed E-state index contributed by atoms with van der Waals surface area (Å²) in [5, 5.41) is 2.89. The minimum atomic E-state index is -3.54. The van der Waals surface area contributed by atoms with Gasteiger partial charge in [-0.25, -0.2) is 8.42 Å². The van der Waals surface area contributed by atoms with Crippen LogP contribution in [0.5, 0.6) is 0 Å². The first-order valence-electron chi connectivity index (χ1n) is 9.62. The molecular formula is C21H26N2O3S2. The third-order valence-corrected chi connectivity index (χ3v) is 7.73. The first-order chi connectivity index (χ1) is 13.5. The van der Waals surface area contributed by atoms with Gasteiger partial charge in [0, 0.05) is 24.5 Å². The molecule has 2 aromatic carbocycles. The first kappa shape index (κ1) is 20.9. The summed E-state index contributed by atoms with van der Waals surface area (Å²) in [6, 6.07) is 14.4. The van der Waals surface area contributed by atoms with Crippen LogP contribution in [0.4, 0.5) is 0 Å². The van der Waals surface area contributed by atoms with Crippen LogP contribution in [0, 0.1) is 0 Å². The summed E-state index contributed by atoms with van der Waals surface area (Å²) in [7, 11) is -3.54. The van der Waals surface area contributed by atoms with Crippen molar-refractivity contribution in [1.29, 1.82) is 0 Å². The van der Waals surface area contributed by atoms with E-state index in [9.17, 15) is 13.2 Å². The maximum Gasteiger partial charge on any atom is 0.252 e. The van der Waals surface area contributed by atoms with Gasteiger partial charge in [-0.2, -0.15) is 4.31 Å². The third kappa shape index (κ3) is 4.77. The van der Waals surface area contributed by atoms with E-state index in [1.165, 1.54) is 0 Å². The lowest BCUT2D eigenvalue weighted by molar-refractivity contribution is 0.0947. The highest BCUT2D eigenvalue weighted by Crippen LogP contribution is 2.25. The molecule has 0 spiro atoms. The number of piperidine rings is 1. The van der Waals surface area contributed by atoms with Crippen LogP contribution < -0.4 is 5.32 Å². The number of nitrogens with one attached hydrogen (secondary N) is 1. The predicted octanol–water partition coefficient (Wildman–Crippen LogP) is 3.90. The van der Waals surface area contributed by atoms with E-state index in [0.29, 0.717) is 24.2 Å². The van der Waals surface area contributed by atoms with Crippen molar-refractivity contribution in [3.63, 3.8) is 0 Å². The fourth-order valence-electron chi connectivity index (χ4n) is 3.35. The van der Waals surface area contributed by atoms with Crippen molar-refractivity contribution >= 4 is 27.7 Å². The normalized spacial score (nSPS) is 15.3. The molecule has 28 heavy (non-hydrogen) atoms. The average molecular weight is 419 g/mol. The molecule has 0 bridgehead atoms. The summed E-state index contributed by atoms with van der Waals surface area (Å²) in [6.07, 6.45) is 2.85. The maximum absolute atomic E-state index is 13.1. The van der Waals surface area contributed by atoms with Crippen molar-refractivity contribution in [2.45, 2.75) is 42.5 Å². The quantitative estimate of drug-likeness (QED) is 0.693. The minimum Gasteiger partial charge on any atom is -0.348 e. The molecule has 0 radical (unpaired) electrons. The van der Waals surface area contributed by atoms with Crippen molar-refractivity contribution in [1.82, 2.24) is 9.62 Å². The SMILES string of the molecule is CCSc1ccccc1C(=O)NCc1ccccc1S(=O)(=O)N1CCCCC1. The Hall–Kier alpha value is -1.83. The van der Waals surface area contributed by atoms with Gasteiger partial charge in [-0.05, 0) is 42.4 Å². The molecule has 1 fully saturated rings. The Bertz CT molecular complexity index is 923. The van der Waals surface area contributed by atoms with Gasteiger partial charge < -0.3 is 5.32 Å². The Labute approximate surface area is 171 Å². The highest BCUT2D eigenvalue weighted by Gasteiger charge is 2.28. The van der Waals surface area contributed by atoms with Crippen LogP contribution >= 0.6 is 11.8 Å². The Kier molecular flexibility index (Phi) is 7.15. The molecule has 0 aromatic heterocycles. The zero-order valence-electron chi connectivity index (χ0n) is 16.1. The smallest absolute Gasteiger partial charge is 0.252 e. The predicted molar refractivity (Wildman–Crippen MR) is 113 cm³/mol. The van der Waals surface area contributed by atoms with Gasteiger partial charge in [0.15, 0.2) is 0 Å². The molecular weight excluding hydrogens is 392 g/mol. The number of rotatable bonds is 7. The lowest BCUT2D eigenvalue weighted by Crippen LogP contribution is -2.36. The summed E-state index contributed by atoms with van der Waals surface area (Å²) >= 11 is 1.61. The molecule has 0 atom stereocenters. The van der Waals surface area contributed by atoms with Crippen LogP contribution in [0.25, 0.3) is 0 Å². The summed E-state index contributed by atoms with van der Waals surface area (Å²) in [5.41, 5.74) is 1.23. The van der Waals surface area contributed by atoms with Gasteiger partial charge >= 0.3 is 0 Å². The second-order valence-corrected chi connectivity index (χ2v) is 9.90. The molecule has 1 aliphatic rings. The lowest BCUT2D eigenvalue weighted by atomic mass is 10.2. The van der Waals surface area contributed by atoms with Gasteiger partial charge in [0.2, 0.25) is 10.0 Å². The topological polar surface area (TPSA) is 66.5 Å². The summed E-state index contributed by atoms with van der Waals surface area (Å²) in [4.78, 5) is 13.9. The number of hydrogen-bond acceptors (Lipinski definition) is 4. The van der Waals surface area contributed by atoms with Crippen LogP contribution in [-0.2, 0) is 16.6 Å². The van der Waals surface area contributed by atoms with E-state index in [1.807, 2.05) is 25.1 Å². The van der Waals surface area contributed by atoms with Gasteiger partial charge in [0.1, 0.15) is 0 Å². The monoisotopic (exact) mass is 418 g/mol. The van der Waals surface area contributed by atoms with Gasteiger partial charge in [0.25, 0.3) is 5.91 Å². The van der Waals surface area contributed by atoms with E-state index in [4.69, 9.17) is 0 Å². The van der Waals surface area contributed by atoms with Gasteiger partial charge in [-0.3, -0.25) is 4.79 Å². The van der Waals surface area contributed by atoms with E-state index in [-0.39, 0.29) is 17.3 Å². The van der Waals surface area contributed by atoms with Crippen LogP contribution in [-0.4, -0.2) is 37.5 Å². The van der Waals surface area contributed by atoms with Crippen LogP contribution in [0.1, 0.15) is 42.1 Å². The van der Waals surface area contributed by atoms with E-state index in [2.05, 4.69) is 5.32 Å².